The number of nitrogens with zero attached hydrogens (tertiary/aromatic N) is 3. The lowest BCUT2D eigenvalue weighted by Crippen LogP contribution is -2.35. The summed E-state index contributed by atoms with van der Waals surface area (Å²) in [6, 6.07) is 0.602. The average molecular weight is 276 g/mol. The fourth-order valence-electron chi connectivity index (χ4n) is 4.22. The zero-order valence-electron chi connectivity index (χ0n) is 13.0. The van der Waals surface area contributed by atoms with Gasteiger partial charge in [0.2, 0.25) is 0 Å². The zero-order chi connectivity index (χ0) is 14.1. The van der Waals surface area contributed by atoms with E-state index in [0.717, 1.165) is 43.1 Å². The van der Waals surface area contributed by atoms with Crippen LogP contribution in [0.2, 0.25) is 0 Å². The predicted molar refractivity (Wildman–Crippen MR) is 80.3 cm³/mol. The third-order valence-electron chi connectivity index (χ3n) is 5.04. The molecule has 3 rings (SSSR count). The second kappa shape index (κ2) is 5.84. The minimum atomic E-state index is 0.602. The van der Waals surface area contributed by atoms with Crippen LogP contribution in [-0.4, -0.2) is 27.4 Å². The van der Waals surface area contributed by atoms with Crippen molar-refractivity contribution in [2.45, 2.75) is 59.0 Å². The molecule has 0 aliphatic heterocycles. The van der Waals surface area contributed by atoms with Gasteiger partial charge in [-0.1, -0.05) is 27.2 Å². The maximum absolute atomic E-state index is 4.51. The van der Waals surface area contributed by atoms with Gasteiger partial charge < -0.3 is 5.32 Å². The normalized spacial score (nSPS) is 29.7. The van der Waals surface area contributed by atoms with Crippen molar-refractivity contribution in [2.24, 2.45) is 23.7 Å². The second-order valence-corrected chi connectivity index (χ2v) is 6.96. The molecule has 0 amide bonds. The summed E-state index contributed by atoms with van der Waals surface area (Å²) < 4.78 is 2.10. The molecule has 4 heteroatoms. The third-order valence-corrected chi connectivity index (χ3v) is 5.04. The van der Waals surface area contributed by atoms with Crippen molar-refractivity contribution in [1.29, 1.82) is 0 Å². The fourth-order valence-corrected chi connectivity index (χ4v) is 4.22. The topological polar surface area (TPSA) is 42.7 Å². The van der Waals surface area contributed by atoms with Gasteiger partial charge in [0, 0.05) is 19.0 Å². The van der Waals surface area contributed by atoms with Gasteiger partial charge in [0.25, 0.3) is 0 Å². The Hall–Kier alpha value is -0.900. The van der Waals surface area contributed by atoms with Crippen LogP contribution in [0.25, 0.3) is 0 Å². The minimum absolute atomic E-state index is 0.602. The fraction of sp³-hybridized carbons (Fsp3) is 0.875. The molecular weight excluding hydrogens is 248 g/mol. The summed E-state index contributed by atoms with van der Waals surface area (Å²) in [6.45, 7) is 8.71. The molecule has 2 saturated carbocycles. The van der Waals surface area contributed by atoms with Crippen molar-refractivity contribution >= 4 is 0 Å². The van der Waals surface area contributed by atoms with Gasteiger partial charge in [-0.3, -0.25) is 0 Å². The Morgan fingerprint density at radius 3 is 2.75 bits per heavy atom. The van der Waals surface area contributed by atoms with Crippen LogP contribution < -0.4 is 5.32 Å². The number of rotatable bonds is 7. The third kappa shape index (κ3) is 2.76. The molecule has 4 nitrogen and oxygen atoms in total. The summed E-state index contributed by atoms with van der Waals surface area (Å²) in [5.74, 6) is 4.68. The molecule has 3 atom stereocenters. The molecule has 1 N–H and O–H groups in total. The van der Waals surface area contributed by atoms with Crippen LogP contribution in [0.15, 0.2) is 6.33 Å². The summed E-state index contributed by atoms with van der Waals surface area (Å²) in [7, 11) is 0. The average Bonchev–Trinajstić information content (AvgIpc) is 2.78. The van der Waals surface area contributed by atoms with E-state index < -0.39 is 0 Å². The Morgan fingerprint density at radius 2 is 2.10 bits per heavy atom. The van der Waals surface area contributed by atoms with E-state index in [1.165, 1.54) is 19.3 Å². The van der Waals surface area contributed by atoms with Gasteiger partial charge in [0.05, 0.1) is 0 Å². The Kier molecular flexibility index (Phi) is 4.11. The van der Waals surface area contributed by atoms with Gasteiger partial charge in [0.1, 0.15) is 12.2 Å². The van der Waals surface area contributed by atoms with E-state index >= 15 is 0 Å². The van der Waals surface area contributed by atoms with E-state index in [2.05, 4.69) is 40.9 Å². The predicted octanol–water partition coefficient (Wildman–Crippen LogP) is 2.50. The van der Waals surface area contributed by atoms with Gasteiger partial charge in [-0.25, -0.2) is 9.67 Å². The van der Waals surface area contributed by atoms with Crippen molar-refractivity contribution in [3.8, 4) is 0 Å². The van der Waals surface area contributed by atoms with Crippen LogP contribution in [0.3, 0.4) is 0 Å². The quantitative estimate of drug-likeness (QED) is 0.832. The molecule has 2 aliphatic carbocycles. The monoisotopic (exact) mass is 276 g/mol. The van der Waals surface area contributed by atoms with Crippen LogP contribution >= 0.6 is 0 Å². The number of fused-ring (bicyclic) bond motifs is 1. The highest BCUT2D eigenvalue weighted by molar-refractivity contribution is 5.08. The summed E-state index contributed by atoms with van der Waals surface area (Å²) >= 11 is 0. The van der Waals surface area contributed by atoms with Gasteiger partial charge in [-0.2, -0.15) is 5.10 Å². The molecule has 1 aromatic rings. The highest BCUT2D eigenvalue weighted by Crippen LogP contribution is 2.59. The standard InChI is InChI=1S/C16H28N4/c1-4-17-14(16-12-6-5-7-13(12)16)8-15-18-10-19-20(15)9-11(2)3/h10-14,16-17H,4-9H2,1-3H3. The van der Waals surface area contributed by atoms with Gasteiger partial charge in [0.15, 0.2) is 0 Å². The van der Waals surface area contributed by atoms with Crippen LogP contribution in [0.4, 0.5) is 0 Å². The first-order valence-corrected chi connectivity index (χ1v) is 8.30. The lowest BCUT2D eigenvalue weighted by atomic mass is 10.0. The Balaban J connectivity index is 1.66. The maximum Gasteiger partial charge on any atom is 0.138 e. The van der Waals surface area contributed by atoms with E-state index in [1.54, 1.807) is 6.33 Å². The summed E-state index contributed by atoms with van der Waals surface area (Å²) in [4.78, 5) is 4.51. The molecule has 0 saturated heterocycles. The molecule has 20 heavy (non-hydrogen) atoms. The van der Waals surface area contributed by atoms with E-state index in [4.69, 9.17) is 0 Å². The number of nitrogens with one attached hydrogen (secondary N) is 1. The molecule has 1 heterocycles. The molecule has 3 unspecified atom stereocenters. The van der Waals surface area contributed by atoms with Crippen molar-refractivity contribution in [2.75, 3.05) is 6.54 Å². The zero-order valence-corrected chi connectivity index (χ0v) is 13.0. The molecule has 0 radical (unpaired) electrons. The summed E-state index contributed by atoms with van der Waals surface area (Å²) in [5, 5.41) is 8.11. The van der Waals surface area contributed by atoms with Crippen molar-refractivity contribution < 1.29 is 0 Å². The van der Waals surface area contributed by atoms with Crippen LogP contribution in [0.1, 0.15) is 45.9 Å². The Morgan fingerprint density at radius 1 is 1.35 bits per heavy atom. The van der Waals surface area contributed by atoms with Crippen molar-refractivity contribution in [1.82, 2.24) is 20.1 Å². The molecule has 1 aromatic heterocycles. The number of hydrogen-bond donors (Lipinski definition) is 1. The molecule has 0 bridgehead atoms. The SMILES string of the molecule is CCNC(Cc1ncnn1CC(C)C)C1C2CCCC21. The van der Waals surface area contributed by atoms with E-state index in [1.807, 2.05) is 0 Å². The summed E-state index contributed by atoms with van der Waals surface area (Å²) in [5.41, 5.74) is 0. The lowest BCUT2D eigenvalue weighted by Gasteiger charge is -2.20. The largest absolute Gasteiger partial charge is 0.314 e. The summed E-state index contributed by atoms with van der Waals surface area (Å²) in [6.07, 6.45) is 7.12. The first kappa shape index (κ1) is 14.1. The Bertz CT molecular complexity index is 429. The van der Waals surface area contributed by atoms with Gasteiger partial charge in [-0.05, 0) is 43.1 Å². The second-order valence-electron chi connectivity index (χ2n) is 6.96. The molecule has 112 valence electrons. The van der Waals surface area contributed by atoms with Crippen molar-refractivity contribution in [3.05, 3.63) is 12.2 Å². The highest BCUT2D eigenvalue weighted by Gasteiger charge is 2.55. The smallest absolute Gasteiger partial charge is 0.138 e. The van der Waals surface area contributed by atoms with E-state index in [9.17, 15) is 0 Å². The lowest BCUT2D eigenvalue weighted by molar-refractivity contribution is 0.388. The first-order valence-electron chi connectivity index (χ1n) is 8.30. The van der Waals surface area contributed by atoms with E-state index in [-0.39, 0.29) is 0 Å². The maximum atomic E-state index is 4.51. The minimum Gasteiger partial charge on any atom is -0.314 e. The van der Waals surface area contributed by atoms with Crippen LogP contribution in [0, 0.1) is 23.7 Å². The number of hydrogen-bond acceptors (Lipinski definition) is 3. The van der Waals surface area contributed by atoms with Gasteiger partial charge in [-0.15, -0.1) is 0 Å². The molecule has 2 fully saturated rings. The Labute approximate surface area is 122 Å². The van der Waals surface area contributed by atoms with Crippen LogP contribution in [-0.2, 0) is 13.0 Å². The number of aromatic nitrogens is 3. The van der Waals surface area contributed by atoms with Gasteiger partial charge >= 0.3 is 0 Å². The molecule has 0 aromatic carbocycles. The molecule has 2 aliphatic rings. The van der Waals surface area contributed by atoms with E-state index in [0.29, 0.717) is 12.0 Å². The number of likely N-dealkylation sites (N-methyl/N-ethyl adjacent to an activating group) is 1. The van der Waals surface area contributed by atoms with Crippen molar-refractivity contribution in [3.63, 3.8) is 0 Å². The molecule has 0 spiro atoms. The highest BCUT2D eigenvalue weighted by atomic mass is 15.3. The van der Waals surface area contributed by atoms with Crippen LogP contribution in [0.5, 0.6) is 0 Å². The first-order chi connectivity index (χ1) is 9.70. The molecular formula is C16H28N4.